The van der Waals surface area contributed by atoms with Crippen LogP contribution >= 0.6 is 11.3 Å². The molecule has 0 bridgehead atoms. The molecule has 0 aliphatic rings. The fourth-order valence-corrected chi connectivity index (χ4v) is 2.83. The highest BCUT2D eigenvalue weighted by molar-refractivity contribution is 7.11. The summed E-state index contributed by atoms with van der Waals surface area (Å²) in [6, 6.07) is 10.3. The number of hydrogen-bond donors (Lipinski definition) is 1. The Bertz CT molecular complexity index is 718. The molecule has 0 fully saturated rings. The van der Waals surface area contributed by atoms with Crippen molar-refractivity contribution in [2.75, 3.05) is 5.32 Å². The van der Waals surface area contributed by atoms with Crippen LogP contribution in [0.4, 0.5) is 5.69 Å². The second-order valence-corrected chi connectivity index (χ2v) is 5.87. The van der Waals surface area contributed by atoms with Crippen LogP contribution in [0.5, 0.6) is 0 Å². The van der Waals surface area contributed by atoms with Gasteiger partial charge in [0.1, 0.15) is 5.01 Å². The van der Waals surface area contributed by atoms with Crippen LogP contribution in [0, 0.1) is 13.8 Å². The molecule has 96 valence electrons. The Kier molecular flexibility index (Phi) is 3.17. The fourth-order valence-electron chi connectivity index (χ4n) is 2.11. The van der Waals surface area contributed by atoms with Crippen LogP contribution in [-0.4, -0.2) is 9.97 Å². The van der Waals surface area contributed by atoms with Gasteiger partial charge in [-0.1, -0.05) is 18.2 Å². The predicted molar refractivity (Wildman–Crippen MR) is 80.7 cm³/mol. The molecule has 19 heavy (non-hydrogen) atoms. The molecule has 2 heterocycles. The molecule has 4 heteroatoms. The molecule has 1 N–H and O–H groups in total. The molecule has 0 amide bonds. The van der Waals surface area contributed by atoms with Crippen LogP contribution in [0.3, 0.4) is 0 Å². The van der Waals surface area contributed by atoms with Gasteiger partial charge in [0.2, 0.25) is 0 Å². The first-order valence-electron chi connectivity index (χ1n) is 6.24. The molecule has 0 aliphatic carbocycles. The second-order valence-electron chi connectivity index (χ2n) is 4.55. The Morgan fingerprint density at radius 2 is 2.05 bits per heavy atom. The van der Waals surface area contributed by atoms with Gasteiger partial charge in [0.25, 0.3) is 0 Å². The highest BCUT2D eigenvalue weighted by Crippen LogP contribution is 2.24. The summed E-state index contributed by atoms with van der Waals surface area (Å²) >= 11 is 1.73. The number of aromatic nitrogens is 2. The Labute approximate surface area is 116 Å². The lowest BCUT2D eigenvalue weighted by Gasteiger charge is -2.09. The topological polar surface area (TPSA) is 37.8 Å². The highest BCUT2D eigenvalue weighted by atomic mass is 32.1. The molecule has 3 rings (SSSR count). The number of para-hydroxylation sites is 1. The lowest BCUT2D eigenvalue weighted by molar-refractivity contribution is 1.10. The zero-order valence-electron chi connectivity index (χ0n) is 11.0. The van der Waals surface area contributed by atoms with Crippen molar-refractivity contribution in [3.8, 4) is 0 Å². The standard InChI is InChI=1S/C15H15N3S/c1-10-7-14(12-5-3-4-6-13(12)18-10)16-9-15-17-8-11(2)19-15/h3-8H,9H2,1-2H3,(H,16,18). The predicted octanol–water partition coefficient (Wildman–Crippen LogP) is 3.92. The molecular weight excluding hydrogens is 254 g/mol. The minimum atomic E-state index is 0.756. The number of anilines is 1. The Morgan fingerprint density at radius 1 is 1.21 bits per heavy atom. The molecule has 0 radical (unpaired) electrons. The van der Waals surface area contributed by atoms with Crippen molar-refractivity contribution in [2.45, 2.75) is 20.4 Å². The number of hydrogen-bond acceptors (Lipinski definition) is 4. The summed E-state index contributed by atoms with van der Waals surface area (Å²) in [6.07, 6.45) is 1.91. The summed E-state index contributed by atoms with van der Waals surface area (Å²) in [6.45, 7) is 4.85. The molecule has 0 aliphatic heterocycles. The van der Waals surface area contributed by atoms with Gasteiger partial charge < -0.3 is 5.32 Å². The van der Waals surface area contributed by atoms with Crippen molar-refractivity contribution in [3.63, 3.8) is 0 Å². The van der Waals surface area contributed by atoms with Gasteiger partial charge in [0, 0.05) is 27.8 Å². The maximum Gasteiger partial charge on any atom is 0.112 e. The Balaban J connectivity index is 1.91. The smallest absolute Gasteiger partial charge is 0.112 e. The van der Waals surface area contributed by atoms with Crippen LogP contribution in [0.25, 0.3) is 10.9 Å². The first-order valence-corrected chi connectivity index (χ1v) is 7.05. The average molecular weight is 269 g/mol. The first-order chi connectivity index (χ1) is 9.22. The number of benzene rings is 1. The van der Waals surface area contributed by atoms with Crippen molar-refractivity contribution in [2.24, 2.45) is 0 Å². The van der Waals surface area contributed by atoms with Gasteiger partial charge in [-0.25, -0.2) is 4.98 Å². The lowest BCUT2D eigenvalue weighted by Crippen LogP contribution is -2.00. The van der Waals surface area contributed by atoms with E-state index in [0.717, 1.165) is 33.8 Å². The molecule has 0 unspecified atom stereocenters. The largest absolute Gasteiger partial charge is 0.378 e. The minimum Gasteiger partial charge on any atom is -0.378 e. The van der Waals surface area contributed by atoms with E-state index < -0.39 is 0 Å². The summed E-state index contributed by atoms with van der Waals surface area (Å²) in [7, 11) is 0. The van der Waals surface area contributed by atoms with Gasteiger partial charge in [0.15, 0.2) is 0 Å². The maximum atomic E-state index is 4.54. The van der Waals surface area contributed by atoms with Gasteiger partial charge in [-0.05, 0) is 26.0 Å². The molecule has 1 aromatic carbocycles. The maximum absolute atomic E-state index is 4.54. The van der Waals surface area contributed by atoms with Crippen molar-refractivity contribution < 1.29 is 0 Å². The molecule has 0 saturated heterocycles. The van der Waals surface area contributed by atoms with Crippen LogP contribution in [0.2, 0.25) is 0 Å². The van der Waals surface area contributed by atoms with Crippen molar-refractivity contribution in [1.29, 1.82) is 0 Å². The number of nitrogens with one attached hydrogen (secondary N) is 1. The summed E-state index contributed by atoms with van der Waals surface area (Å²) in [5.41, 5.74) is 3.17. The van der Waals surface area contributed by atoms with Crippen molar-refractivity contribution in [3.05, 3.63) is 52.1 Å². The van der Waals surface area contributed by atoms with Gasteiger partial charge in [-0.15, -0.1) is 11.3 Å². The SMILES string of the molecule is Cc1cc(NCc2ncc(C)s2)c2ccccc2n1. The van der Waals surface area contributed by atoms with E-state index in [1.54, 1.807) is 11.3 Å². The van der Waals surface area contributed by atoms with E-state index in [2.05, 4.69) is 34.3 Å². The average Bonchev–Trinajstić information content (AvgIpc) is 2.81. The number of rotatable bonds is 3. The van der Waals surface area contributed by atoms with E-state index in [4.69, 9.17) is 0 Å². The second kappa shape index (κ2) is 4.97. The zero-order valence-corrected chi connectivity index (χ0v) is 11.8. The number of aryl methyl sites for hydroxylation is 2. The summed E-state index contributed by atoms with van der Waals surface area (Å²) in [4.78, 5) is 10.2. The summed E-state index contributed by atoms with van der Waals surface area (Å²) in [5, 5.41) is 5.73. The third-order valence-electron chi connectivity index (χ3n) is 2.94. The first kappa shape index (κ1) is 12.1. The van der Waals surface area contributed by atoms with Crippen LogP contribution in [0.1, 0.15) is 15.6 Å². The van der Waals surface area contributed by atoms with Crippen LogP contribution in [-0.2, 0) is 6.54 Å². The molecule has 0 spiro atoms. The van der Waals surface area contributed by atoms with Crippen molar-refractivity contribution in [1.82, 2.24) is 9.97 Å². The minimum absolute atomic E-state index is 0.756. The monoisotopic (exact) mass is 269 g/mol. The van der Waals surface area contributed by atoms with E-state index >= 15 is 0 Å². The Hall–Kier alpha value is -1.94. The quantitative estimate of drug-likeness (QED) is 0.783. The van der Waals surface area contributed by atoms with Gasteiger partial charge in [0.05, 0.1) is 12.1 Å². The van der Waals surface area contributed by atoms with E-state index in [0.29, 0.717) is 0 Å². The van der Waals surface area contributed by atoms with E-state index in [-0.39, 0.29) is 0 Å². The van der Waals surface area contributed by atoms with Gasteiger partial charge in [-0.2, -0.15) is 0 Å². The molecular formula is C15H15N3S. The molecule has 3 aromatic rings. The van der Waals surface area contributed by atoms with Gasteiger partial charge in [-0.3, -0.25) is 4.98 Å². The van der Waals surface area contributed by atoms with E-state index in [1.807, 2.05) is 31.3 Å². The summed E-state index contributed by atoms with van der Waals surface area (Å²) in [5.74, 6) is 0. The zero-order chi connectivity index (χ0) is 13.2. The molecule has 0 atom stereocenters. The summed E-state index contributed by atoms with van der Waals surface area (Å²) < 4.78 is 0. The van der Waals surface area contributed by atoms with Crippen LogP contribution in [0.15, 0.2) is 36.5 Å². The number of nitrogens with zero attached hydrogens (tertiary/aromatic N) is 2. The third kappa shape index (κ3) is 2.58. The highest BCUT2D eigenvalue weighted by Gasteiger charge is 2.04. The molecule has 2 aromatic heterocycles. The lowest BCUT2D eigenvalue weighted by atomic mass is 10.1. The number of fused-ring (bicyclic) bond motifs is 1. The third-order valence-corrected chi connectivity index (χ3v) is 3.86. The number of thiazole rings is 1. The van der Waals surface area contributed by atoms with E-state index in [9.17, 15) is 0 Å². The van der Waals surface area contributed by atoms with Crippen molar-refractivity contribution >= 4 is 27.9 Å². The fraction of sp³-hybridized carbons (Fsp3) is 0.200. The normalized spacial score (nSPS) is 10.8. The van der Waals surface area contributed by atoms with Crippen LogP contribution < -0.4 is 5.32 Å². The van der Waals surface area contributed by atoms with E-state index in [1.165, 1.54) is 4.88 Å². The molecule has 0 saturated carbocycles. The molecule has 3 nitrogen and oxygen atoms in total. The van der Waals surface area contributed by atoms with Gasteiger partial charge >= 0.3 is 0 Å². The number of pyridine rings is 1. The Morgan fingerprint density at radius 3 is 2.84 bits per heavy atom.